The predicted octanol–water partition coefficient (Wildman–Crippen LogP) is 1.82. The molecule has 4 nitrogen and oxygen atoms in total. The molecule has 1 fully saturated rings. The summed E-state index contributed by atoms with van der Waals surface area (Å²) in [6.45, 7) is 3.41. The zero-order chi connectivity index (χ0) is 15.2. The fraction of sp³-hybridized carbons (Fsp3) is 0.533. The Labute approximate surface area is 122 Å². The van der Waals surface area contributed by atoms with Gasteiger partial charge in [0.25, 0.3) is 0 Å². The molecule has 6 heteroatoms. The van der Waals surface area contributed by atoms with E-state index in [4.69, 9.17) is 9.47 Å². The number of carbonyl (C=O) groups is 1. The molecule has 2 rings (SSSR count). The van der Waals surface area contributed by atoms with Crippen LogP contribution in [0.25, 0.3) is 0 Å². The zero-order valence-corrected chi connectivity index (χ0v) is 11.9. The number of hydrogen-bond acceptors (Lipinski definition) is 3. The molecule has 1 aliphatic rings. The first-order valence-electron chi connectivity index (χ1n) is 7.02. The first-order chi connectivity index (χ1) is 10.1. The molecule has 1 N–H and O–H groups in total. The van der Waals surface area contributed by atoms with E-state index in [1.807, 2.05) is 6.92 Å². The Balaban J connectivity index is 1.93. The van der Waals surface area contributed by atoms with Gasteiger partial charge in [0.1, 0.15) is 17.7 Å². The van der Waals surface area contributed by atoms with E-state index in [9.17, 15) is 13.6 Å². The largest absolute Gasteiger partial charge is 0.379 e. The molecule has 0 aromatic heterocycles. The van der Waals surface area contributed by atoms with Crippen LogP contribution in [0.4, 0.5) is 8.78 Å². The van der Waals surface area contributed by atoms with Crippen molar-refractivity contribution in [2.24, 2.45) is 0 Å². The zero-order valence-electron chi connectivity index (χ0n) is 11.9. The average Bonchev–Trinajstić information content (AvgIpc) is 2.40. The molecule has 0 spiro atoms. The summed E-state index contributed by atoms with van der Waals surface area (Å²) >= 11 is 0. The lowest BCUT2D eigenvalue weighted by atomic mass is 10.0. The van der Waals surface area contributed by atoms with Gasteiger partial charge in [-0.15, -0.1) is 0 Å². The van der Waals surface area contributed by atoms with Gasteiger partial charge in [0.2, 0.25) is 5.91 Å². The highest BCUT2D eigenvalue weighted by Gasteiger charge is 2.27. The topological polar surface area (TPSA) is 47.6 Å². The van der Waals surface area contributed by atoms with Crippen LogP contribution >= 0.6 is 0 Å². The maximum Gasteiger partial charge on any atom is 0.224 e. The number of ether oxygens (including phenoxy) is 2. The van der Waals surface area contributed by atoms with Gasteiger partial charge in [0.05, 0.1) is 19.1 Å². The van der Waals surface area contributed by atoms with Crippen molar-refractivity contribution >= 4 is 5.91 Å². The molecule has 1 aromatic carbocycles. The van der Waals surface area contributed by atoms with Crippen LogP contribution in [0.3, 0.4) is 0 Å². The molecule has 116 valence electrons. The van der Waals surface area contributed by atoms with Crippen LogP contribution in [-0.4, -0.2) is 37.9 Å². The van der Waals surface area contributed by atoms with E-state index in [1.165, 1.54) is 0 Å². The van der Waals surface area contributed by atoms with Crippen molar-refractivity contribution in [3.8, 4) is 0 Å². The van der Waals surface area contributed by atoms with Crippen LogP contribution in [-0.2, 0) is 20.7 Å². The lowest BCUT2D eigenvalue weighted by molar-refractivity contribution is -0.125. The third-order valence-corrected chi connectivity index (χ3v) is 3.32. The van der Waals surface area contributed by atoms with Crippen molar-refractivity contribution in [2.45, 2.75) is 31.9 Å². The smallest absolute Gasteiger partial charge is 0.224 e. The molecule has 1 amide bonds. The number of nitrogens with one attached hydrogen (secondary N) is 1. The second kappa shape index (κ2) is 7.47. The van der Waals surface area contributed by atoms with Crippen molar-refractivity contribution in [3.05, 3.63) is 35.4 Å². The molecule has 1 aliphatic heterocycles. The average molecular weight is 299 g/mol. The minimum absolute atomic E-state index is 0.0646. The molecule has 0 saturated carbocycles. The fourth-order valence-corrected chi connectivity index (χ4v) is 2.41. The van der Waals surface area contributed by atoms with E-state index in [2.05, 4.69) is 5.32 Å². The highest BCUT2D eigenvalue weighted by atomic mass is 19.1. The van der Waals surface area contributed by atoms with Crippen LogP contribution in [0.5, 0.6) is 0 Å². The van der Waals surface area contributed by atoms with Crippen LogP contribution in [0.1, 0.15) is 18.9 Å². The Morgan fingerprint density at radius 3 is 2.76 bits per heavy atom. The lowest BCUT2D eigenvalue weighted by Gasteiger charge is -2.31. The number of rotatable bonds is 5. The molecule has 0 unspecified atom stereocenters. The second-order valence-electron chi connectivity index (χ2n) is 4.99. The number of carbonyl (C=O) groups excluding carboxylic acids is 1. The predicted molar refractivity (Wildman–Crippen MR) is 72.8 cm³/mol. The standard InChI is InChI=1S/C15H19F2NO3/c1-2-21-14-9-20-4-3-13(14)18-15(19)7-10-5-11(16)8-12(17)6-10/h5-6,8,13-14H,2-4,7,9H2,1H3,(H,18,19)/t13-,14-/m1/s1. The molecule has 1 aromatic rings. The molecule has 1 saturated heterocycles. The van der Waals surface area contributed by atoms with Crippen LogP contribution in [0.15, 0.2) is 18.2 Å². The minimum Gasteiger partial charge on any atom is -0.379 e. The molecule has 0 radical (unpaired) electrons. The minimum atomic E-state index is -0.684. The lowest BCUT2D eigenvalue weighted by Crippen LogP contribution is -2.50. The molecule has 0 bridgehead atoms. The van der Waals surface area contributed by atoms with Crippen LogP contribution in [0, 0.1) is 11.6 Å². The SMILES string of the molecule is CCO[C@@H]1COCC[C@H]1NC(=O)Cc1cc(F)cc(F)c1. The Morgan fingerprint density at radius 1 is 1.38 bits per heavy atom. The quantitative estimate of drug-likeness (QED) is 0.902. The molecule has 2 atom stereocenters. The van der Waals surface area contributed by atoms with Gasteiger partial charge >= 0.3 is 0 Å². The summed E-state index contributed by atoms with van der Waals surface area (Å²) in [4.78, 5) is 12.0. The van der Waals surface area contributed by atoms with Crippen LogP contribution < -0.4 is 5.32 Å². The van der Waals surface area contributed by atoms with Crippen LogP contribution in [0.2, 0.25) is 0 Å². The van der Waals surface area contributed by atoms with Gasteiger partial charge in [-0.1, -0.05) is 0 Å². The number of benzene rings is 1. The second-order valence-corrected chi connectivity index (χ2v) is 4.99. The Bertz CT molecular complexity index is 474. The maximum absolute atomic E-state index is 13.1. The summed E-state index contributed by atoms with van der Waals surface area (Å²) in [5.41, 5.74) is 0.310. The van der Waals surface area contributed by atoms with E-state index in [0.717, 1.165) is 18.2 Å². The van der Waals surface area contributed by atoms with Gasteiger partial charge in [0.15, 0.2) is 0 Å². The normalized spacial score (nSPS) is 22.0. The van der Waals surface area contributed by atoms with E-state index in [-0.39, 0.29) is 24.5 Å². The monoisotopic (exact) mass is 299 g/mol. The maximum atomic E-state index is 13.1. The third kappa shape index (κ3) is 4.75. The number of hydrogen-bond donors (Lipinski definition) is 1. The molecule has 0 aliphatic carbocycles. The van der Waals surface area contributed by atoms with Gasteiger partial charge in [-0.05, 0) is 31.0 Å². The Hall–Kier alpha value is -1.53. The van der Waals surface area contributed by atoms with E-state index >= 15 is 0 Å². The van der Waals surface area contributed by atoms with Gasteiger partial charge in [0, 0.05) is 19.3 Å². The van der Waals surface area contributed by atoms with Crippen molar-refractivity contribution < 1.29 is 23.0 Å². The van der Waals surface area contributed by atoms with Gasteiger partial charge < -0.3 is 14.8 Å². The summed E-state index contributed by atoms with van der Waals surface area (Å²) in [6, 6.07) is 2.97. The van der Waals surface area contributed by atoms with Crippen molar-refractivity contribution in [3.63, 3.8) is 0 Å². The molecular weight excluding hydrogens is 280 g/mol. The highest BCUT2D eigenvalue weighted by Crippen LogP contribution is 2.13. The van der Waals surface area contributed by atoms with Gasteiger partial charge in [-0.3, -0.25) is 4.79 Å². The van der Waals surface area contributed by atoms with E-state index in [1.54, 1.807) is 0 Å². The Kier molecular flexibility index (Phi) is 5.64. The summed E-state index contributed by atoms with van der Waals surface area (Å²) in [6.07, 6.45) is 0.413. The molecule has 1 heterocycles. The third-order valence-electron chi connectivity index (χ3n) is 3.32. The summed E-state index contributed by atoms with van der Waals surface area (Å²) in [5.74, 6) is -1.65. The summed E-state index contributed by atoms with van der Waals surface area (Å²) in [5, 5.41) is 2.85. The molecular formula is C15H19F2NO3. The van der Waals surface area contributed by atoms with Crippen molar-refractivity contribution in [1.29, 1.82) is 0 Å². The van der Waals surface area contributed by atoms with Crippen molar-refractivity contribution in [2.75, 3.05) is 19.8 Å². The Morgan fingerprint density at radius 2 is 2.10 bits per heavy atom. The van der Waals surface area contributed by atoms with Crippen molar-refractivity contribution in [1.82, 2.24) is 5.32 Å². The highest BCUT2D eigenvalue weighted by molar-refractivity contribution is 5.78. The molecule has 21 heavy (non-hydrogen) atoms. The first-order valence-corrected chi connectivity index (χ1v) is 7.02. The van der Waals surface area contributed by atoms with E-state index in [0.29, 0.717) is 31.8 Å². The first kappa shape index (κ1) is 15.9. The summed E-state index contributed by atoms with van der Waals surface area (Å²) in [7, 11) is 0. The van der Waals surface area contributed by atoms with E-state index < -0.39 is 11.6 Å². The number of amides is 1. The van der Waals surface area contributed by atoms with Gasteiger partial charge in [-0.25, -0.2) is 8.78 Å². The summed E-state index contributed by atoms with van der Waals surface area (Å²) < 4.78 is 37.0. The number of halogens is 2. The van der Waals surface area contributed by atoms with Gasteiger partial charge in [-0.2, -0.15) is 0 Å². The fourth-order valence-electron chi connectivity index (χ4n) is 2.41.